The predicted molar refractivity (Wildman–Crippen MR) is 114 cm³/mol. The number of anilines is 1. The van der Waals surface area contributed by atoms with Crippen LogP contribution in [0, 0.1) is 10.1 Å². The molecular formula is C21H17N7O2. The molecule has 0 unspecified atom stereocenters. The van der Waals surface area contributed by atoms with Gasteiger partial charge in [-0.3, -0.25) is 20.2 Å². The molecule has 0 aliphatic heterocycles. The van der Waals surface area contributed by atoms with Crippen LogP contribution in [0.3, 0.4) is 0 Å². The summed E-state index contributed by atoms with van der Waals surface area (Å²) >= 11 is 0. The Labute approximate surface area is 170 Å². The average Bonchev–Trinajstić information content (AvgIpc) is 3.37. The van der Waals surface area contributed by atoms with Gasteiger partial charge in [-0.15, -0.1) is 0 Å². The molecular weight excluding hydrogens is 382 g/mol. The van der Waals surface area contributed by atoms with Crippen LogP contribution in [0.25, 0.3) is 33.5 Å². The summed E-state index contributed by atoms with van der Waals surface area (Å²) < 4.78 is 0. The number of nitrogens with one attached hydrogen (secondary N) is 3. The van der Waals surface area contributed by atoms with Crippen molar-refractivity contribution in [1.82, 2.24) is 25.1 Å². The molecule has 3 aromatic heterocycles. The van der Waals surface area contributed by atoms with E-state index < -0.39 is 4.92 Å². The minimum atomic E-state index is -0.418. The molecule has 2 aromatic carbocycles. The van der Waals surface area contributed by atoms with Gasteiger partial charge >= 0.3 is 0 Å². The number of aromatic nitrogens is 5. The zero-order chi connectivity index (χ0) is 20.5. The van der Waals surface area contributed by atoms with Crippen LogP contribution >= 0.6 is 0 Å². The number of fused-ring (bicyclic) bond motifs is 2. The Morgan fingerprint density at radius 1 is 1.10 bits per heavy atom. The van der Waals surface area contributed by atoms with Crippen LogP contribution in [0.15, 0.2) is 60.9 Å². The van der Waals surface area contributed by atoms with Gasteiger partial charge in [0.15, 0.2) is 5.82 Å². The zero-order valence-electron chi connectivity index (χ0n) is 15.8. The quantitative estimate of drug-likeness (QED) is 0.292. The average molecular weight is 399 g/mol. The number of hydrogen-bond acceptors (Lipinski definition) is 6. The third-order valence-corrected chi connectivity index (χ3v) is 4.93. The second-order valence-electron chi connectivity index (χ2n) is 6.91. The van der Waals surface area contributed by atoms with Gasteiger partial charge in [-0.25, -0.2) is 4.98 Å². The molecule has 0 fully saturated rings. The van der Waals surface area contributed by atoms with Crippen molar-refractivity contribution in [3.8, 4) is 11.5 Å². The molecule has 0 bridgehead atoms. The molecule has 5 rings (SSSR count). The normalized spacial score (nSPS) is 11.2. The van der Waals surface area contributed by atoms with Crippen molar-refractivity contribution in [2.24, 2.45) is 0 Å². The maximum absolute atomic E-state index is 11.1. The summed E-state index contributed by atoms with van der Waals surface area (Å²) in [5, 5.41) is 22.4. The maximum Gasteiger partial charge on any atom is 0.270 e. The summed E-state index contributed by atoms with van der Waals surface area (Å²) in [5.41, 5.74) is 5.09. The van der Waals surface area contributed by atoms with Crippen molar-refractivity contribution in [1.29, 1.82) is 0 Å². The first-order valence-corrected chi connectivity index (χ1v) is 9.43. The summed E-state index contributed by atoms with van der Waals surface area (Å²) in [4.78, 5) is 22.7. The van der Waals surface area contributed by atoms with E-state index in [1.165, 1.54) is 17.7 Å². The number of benzene rings is 2. The van der Waals surface area contributed by atoms with Gasteiger partial charge in [-0.1, -0.05) is 6.07 Å². The van der Waals surface area contributed by atoms with Gasteiger partial charge in [0.25, 0.3) is 5.69 Å². The fourth-order valence-electron chi connectivity index (χ4n) is 3.42. The Hall–Kier alpha value is -4.27. The molecule has 0 amide bonds. The van der Waals surface area contributed by atoms with Crippen molar-refractivity contribution in [2.45, 2.75) is 6.42 Å². The van der Waals surface area contributed by atoms with Gasteiger partial charge in [-0.2, -0.15) is 5.10 Å². The molecule has 3 heterocycles. The minimum Gasteiger partial charge on any atom is -0.385 e. The number of nitro benzene ring substituents is 1. The van der Waals surface area contributed by atoms with Crippen molar-refractivity contribution in [2.75, 3.05) is 11.9 Å². The number of hydrogen-bond donors (Lipinski definition) is 3. The zero-order valence-corrected chi connectivity index (χ0v) is 15.8. The van der Waals surface area contributed by atoms with E-state index in [1.807, 2.05) is 30.5 Å². The van der Waals surface area contributed by atoms with Gasteiger partial charge in [0.2, 0.25) is 0 Å². The van der Waals surface area contributed by atoms with E-state index in [1.54, 1.807) is 12.3 Å². The standard InChI is InChI=1S/C21H17N7O2/c29-28(30)15-4-6-17-16(11-15)20(27-26-17)21-24-18-5-3-14(10-19(18)25-21)23-9-7-13-2-1-8-22-12-13/h1-6,8,10-12,23H,7,9H2,(H,24,25)(H,26,27). The van der Waals surface area contributed by atoms with E-state index in [0.29, 0.717) is 22.4 Å². The molecule has 0 atom stereocenters. The lowest BCUT2D eigenvalue weighted by molar-refractivity contribution is -0.384. The highest BCUT2D eigenvalue weighted by Gasteiger charge is 2.16. The number of nitro groups is 1. The largest absolute Gasteiger partial charge is 0.385 e. The molecule has 148 valence electrons. The topological polar surface area (TPSA) is 125 Å². The number of H-pyrrole nitrogens is 2. The van der Waals surface area contributed by atoms with Crippen LogP contribution in [0.2, 0.25) is 0 Å². The lowest BCUT2D eigenvalue weighted by Gasteiger charge is -2.06. The molecule has 0 spiro atoms. The fourth-order valence-corrected chi connectivity index (χ4v) is 3.42. The highest BCUT2D eigenvalue weighted by Crippen LogP contribution is 2.29. The number of pyridine rings is 1. The molecule has 0 saturated heterocycles. The Balaban J connectivity index is 1.41. The van der Waals surface area contributed by atoms with Gasteiger partial charge in [0.1, 0.15) is 5.69 Å². The molecule has 0 saturated carbocycles. The third kappa shape index (κ3) is 3.32. The second-order valence-corrected chi connectivity index (χ2v) is 6.91. The molecule has 5 aromatic rings. The maximum atomic E-state index is 11.1. The van der Waals surface area contributed by atoms with Crippen molar-refractivity contribution in [3.05, 3.63) is 76.6 Å². The molecule has 0 aliphatic rings. The summed E-state index contributed by atoms with van der Waals surface area (Å²) in [6, 6.07) is 14.5. The molecule has 30 heavy (non-hydrogen) atoms. The van der Waals surface area contributed by atoms with E-state index in [4.69, 9.17) is 0 Å². The second kappa shape index (κ2) is 7.28. The number of non-ortho nitro benzene ring substituents is 1. The van der Waals surface area contributed by atoms with Crippen molar-refractivity contribution in [3.63, 3.8) is 0 Å². The Morgan fingerprint density at radius 2 is 2.03 bits per heavy atom. The smallest absolute Gasteiger partial charge is 0.270 e. The highest BCUT2D eigenvalue weighted by molar-refractivity contribution is 5.94. The van der Waals surface area contributed by atoms with E-state index in [2.05, 4.69) is 36.5 Å². The first-order valence-electron chi connectivity index (χ1n) is 9.43. The Bertz CT molecular complexity index is 1360. The van der Waals surface area contributed by atoms with Crippen LogP contribution in [0.4, 0.5) is 11.4 Å². The number of imidazole rings is 1. The highest BCUT2D eigenvalue weighted by atomic mass is 16.6. The number of rotatable bonds is 6. The number of nitrogens with zero attached hydrogens (tertiary/aromatic N) is 4. The summed E-state index contributed by atoms with van der Waals surface area (Å²) in [5.74, 6) is 0.559. The lowest BCUT2D eigenvalue weighted by Crippen LogP contribution is -2.04. The van der Waals surface area contributed by atoms with E-state index in [0.717, 1.165) is 29.7 Å². The first kappa shape index (κ1) is 17.8. The van der Waals surface area contributed by atoms with Crippen LogP contribution in [-0.2, 0) is 6.42 Å². The monoisotopic (exact) mass is 399 g/mol. The van der Waals surface area contributed by atoms with E-state index in [-0.39, 0.29) is 5.69 Å². The van der Waals surface area contributed by atoms with E-state index >= 15 is 0 Å². The van der Waals surface area contributed by atoms with Crippen LogP contribution < -0.4 is 5.32 Å². The summed E-state index contributed by atoms with van der Waals surface area (Å²) in [7, 11) is 0. The molecule has 3 N–H and O–H groups in total. The van der Waals surface area contributed by atoms with Crippen LogP contribution in [-0.4, -0.2) is 36.6 Å². The molecule has 0 radical (unpaired) electrons. The SMILES string of the molecule is O=[N+]([O-])c1ccc2[nH]nc(-c3nc4ccc(NCCc5cccnc5)cc4[nH]3)c2c1. The fraction of sp³-hybridized carbons (Fsp3) is 0.0952. The predicted octanol–water partition coefficient (Wildman–Crippen LogP) is 4.06. The lowest BCUT2D eigenvalue weighted by atomic mass is 10.2. The van der Waals surface area contributed by atoms with Gasteiger partial charge in [-0.05, 0) is 42.3 Å². The van der Waals surface area contributed by atoms with Crippen LogP contribution in [0.5, 0.6) is 0 Å². The summed E-state index contributed by atoms with van der Waals surface area (Å²) in [6.45, 7) is 0.784. The first-order chi connectivity index (χ1) is 14.7. The summed E-state index contributed by atoms with van der Waals surface area (Å²) in [6.07, 6.45) is 4.50. The van der Waals surface area contributed by atoms with Gasteiger partial charge in [0.05, 0.1) is 21.5 Å². The van der Waals surface area contributed by atoms with Gasteiger partial charge in [0, 0.05) is 42.1 Å². The molecule has 0 aliphatic carbocycles. The minimum absolute atomic E-state index is 0.0152. The third-order valence-electron chi connectivity index (χ3n) is 4.93. The molecule has 9 heteroatoms. The Morgan fingerprint density at radius 3 is 2.87 bits per heavy atom. The molecule has 9 nitrogen and oxygen atoms in total. The Kier molecular flexibility index (Phi) is 4.32. The van der Waals surface area contributed by atoms with Crippen molar-refractivity contribution >= 4 is 33.3 Å². The van der Waals surface area contributed by atoms with Crippen molar-refractivity contribution < 1.29 is 4.92 Å². The van der Waals surface area contributed by atoms with Crippen LogP contribution in [0.1, 0.15) is 5.56 Å². The number of aromatic amines is 2. The van der Waals surface area contributed by atoms with Gasteiger partial charge < -0.3 is 10.3 Å². The van der Waals surface area contributed by atoms with E-state index in [9.17, 15) is 10.1 Å².